The molecule has 0 radical (unpaired) electrons. The van der Waals surface area contributed by atoms with Crippen LogP contribution in [-0.4, -0.2) is 39.5 Å². The molecule has 0 aromatic carbocycles. The van der Waals surface area contributed by atoms with E-state index in [2.05, 4.69) is 11.1 Å². The van der Waals surface area contributed by atoms with Crippen molar-refractivity contribution in [3.63, 3.8) is 0 Å². The fraction of sp³-hybridized carbons (Fsp3) is 0.625. The number of carbonyl (C=O) groups is 1. The number of allylic oxidation sites excluding steroid dienone is 1. The maximum atomic E-state index is 12.5. The zero-order valence-electron chi connectivity index (χ0n) is 12.7. The highest BCUT2D eigenvalue weighted by atomic mass is 35.5. The fourth-order valence-electron chi connectivity index (χ4n) is 3.44. The number of hydrogen-bond donors (Lipinski definition) is 1. The van der Waals surface area contributed by atoms with Crippen LogP contribution in [0.15, 0.2) is 24.0 Å². The van der Waals surface area contributed by atoms with Crippen LogP contribution >= 0.6 is 11.6 Å². The summed E-state index contributed by atoms with van der Waals surface area (Å²) in [6, 6.07) is -0.473. The van der Waals surface area contributed by atoms with Crippen LogP contribution in [0.3, 0.4) is 0 Å². The fourth-order valence-corrected chi connectivity index (χ4v) is 3.64. The number of imidazole rings is 1. The van der Waals surface area contributed by atoms with Crippen LogP contribution in [0.25, 0.3) is 0 Å². The number of nitrogens with zero attached hydrogens (tertiary/aromatic N) is 3. The van der Waals surface area contributed by atoms with Gasteiger partial charge in [0.05, 0.1) is 6.04 Å². The Balaban J connectivity index is 1.54. The molecule has 1 fully saturated rings. The van der Waals surface area contributed by atoms with Gasteiger partial charge >= 0.3 is 0 Å². The van der Waals surface area contributed by atoms with Gasteiger partial charge in [-0.15, -0.1) is 0 Å². The third kappa shape index (κ3) is 3.36. The minimum atomic E-state index is -0.473. The molecule has 1 aromatic heterocycles. The molecular weight excluding hydrogens is 300 g/mol. The predicted octanol–water partition coefficient (Wildman–Crippen LogP) is 2.21. The average Bonchev–Trinajstić information content (AvgIpc) is 2.96. The summed E-state index contributed by atoms with van der Waals surface area (Å²) in [5, 5.41) is 0.438. The second-order valence-corrected chi connectivity index (χ2v) is 6.58. The molecular formula is C16H23ClN4O. The summed E-state index contributed by atoms with van der Waals surface area (Å²) in [4.78, 5) is 18.4. The second kappa shape index (κ2) is 6.84. The van der Waals surface area contributed by atoms with Crippen LogP contribution in [0.4, 0.5) is 0 Å². The monoisotopic (exact) mass is 322 g/mol. The van der Waals surface area contributed by atoms with E-state index in [0.717, 1.165) is 25.9 Å². The third-order valence-electron chi connectivity index (χ3n) is 4.78. The van der Waals surface area contributed by atoms with Crippen LogP contribution in [0.5, 0.6) is 0 Å². The first-order chi connectivity index (χ1) is 10.6. The summed E-state index contributed by atoms with van der Waals surface area (Å²) in [5.41, 5.74) is 7.54. The first-order valence-electron chi connectivity index (χ1n) is 8.05. The molecule has 2 atom stereocenters. The zero-order chi connectivity index (χ0) is 15.5. The topological polar surface area (TPSA) is 64.2 Å². The van der Waals surface area contributed by atoms with Crippen molar-refractivity contribution in [2.75, 3.05) is 13.1 Å². The highest BCUT2D eigenvalue weighted by Crippen LogP contribution is 2.32. The third-order valence-corrected chi connectivity index (χ3v) is 5.10. The Bertz CT molecular complexity index is 568. The Hall–Kier alpha value is -1.33. The van der Waals surface area contributed by atoms with Crippen LogP contribution in [0.1, 0.15) is 32.1 Å². The van der Waals surface area contributed by atoms with E-state index >= 15 is 0 Å². The van der Waals surface area contributed by atoms with E-state index in [0.29, 0.717) is 24.2 Å². The molecule has 1 amide bonds. The Morgan fingerprint density at radius 3 is 3.14 bits per heavy atom. The lowest BCUT2D eigenvalue weighted by Crippen LogP contribution is -2.48. The van der Waals surface area contributed by atoms with Crippen LogP contribution in [-0.2, 0) is 11.3 Å². The molecule has 0 bridgehead atoms. The van der Waals surface area contributed by atoms with Gasteiger partial charge in [-0.3, -0.25) is 4.79 Å². The number of likely N-dealkylation sites (tertiary alicyclic amines) is 1. The molecule has 1 aliphatic carbocycles. The van der Waals surface area contributed by atoms with E-state index in [1.807, 2.05) is 9.47 Å². The van der Waals surface area contributed by atoms with Crippen molar-refractivity contribution >= 4 is 17.5 Å². The molecule has 1 saturated heterocycles. The quantitative estimate of drug-likeness (QED) is 0.864. The standard InChI is InChI=1S/C16H23ClN4O/c17-16-19-7-10-20(16)9-6-14(18)15(22)21-8-5-12-3-1-2-4-13(12)11-21/h4,7,10,12,14H,1-3,5-6,8-9,11,18H2. The molecule has 3 rings (SSSR count). The molecule has 2 heterocycles. The smallest absolute Gasteiger partial charge is 0.239 e. The normalized spacial score (nSPS) is 22.9. The lowest BCUT2D eigenvalue weighted by atomic mass is 9.82. The highest BCUT2D eigenvalue weighted by molar-refractivity contribution is 6.28. The number of hydrogen-bond acceptors (Lipinski definition) is 3. The largest absolute Gasteiger partial charge is 0.337 e. The summed E-state index contributed by atoms with van der Waals surface area (Å²) in [6.07, 6.45) is 11.1. The zero-order valence-corrected chi connectivity index (χ0v) is 13.5. The summed E-state index contributed by atoms with van der Waals surface area (Å²) >= 11 is 5.94. The molecule has 1 aromatic rings. The van der Waals surface area contributed by atoms with Gasteiger partial charge < -0.3 is 15.2 Å². The van der Waals surface area contributed by atoms with E-state index in [1.165, 1.54) is 18.4 Å². The van der Waals surface area contributed by atoms with Crippen LogP contribution < -0.4 is 5.73 Å². The molecule has 5 nitrogen and oxygen atoms in total. The summed E-state index contributed by atoms with van der Waals surface area (Å²) in [5.74, 6) is 0.750. The van der Waals surface area contributed by atoms with Crippen molar-refractivity contribution in [3.05, 3.63) is 29.3 Å². The highest BCUT2D eigenvalue weighted by Gasteiger charge is 2.30. The lowest BCUT2D eigenvalue weighted by Gasteiger charge is -2.37. The Morgan fingerprint density at radius 1 is 1.50 bits per heavy atom. The van der Waals surface area contributed by atoms with E-state index in [-0.39, 0.29) is 5.91 Å². The molecule has 0 saturated carbocycles. The van der Waals surface area contributed by atoms with E-state index in [4.69, 9.17) is 17.3 Å². The van der Waals surface area contributed by atoms with Gasteiger partial charge in [0.1, 0.15) is 0 Å². The molecule has 1 aliphatic heterocycles. The number of nitrogens with two attached hydrogens (primary N) is 1. The van der Waals surface area contributed by atoms with Crippen LogP contribution in [0.2, 0.25) is 5.28 Å². The molecule has 0 spiro atoms. The molecule has 2 N–H and O–H groups in total. The van der Waals surface area contributed by atoms with Gasteiger partial charge in [-0.05, 0) is 49.6 Å². The lowest BCUT2D eigenvalue weighted by molar-refractivity contribution is -0.133. The maximum Gasteiger partial charge on any atom is 0.239 e. The molecule has 2 aliphatic rings. The van der Waals surface area contributed by atoms with Crippen molar-refractivity contribution in [2.24, 2.45) is 11.7 Å². The number of fused-ring (bicyclic) bond motifs is 1. The number of aryl methyl sites for hydroxylation is 1. The minimum Gasteiger partial charge on any atom is -0.337 e. The summed E-state index contributed by atoms with van der Waals surface area (Å²) < 4.78 is 1.81. The predicted molar refractivity (Wildman–Crippen MR) is 86.5 cm³/mol. The summed E-state index contributed by atoms with van der Waals surface area (Å²) in [6.45, 7) is 2.22. The SMILES string of the molecule is NC(CCn1ccnc1Cl)C(=O)N1CCC2CCCC=C2C1. The van der Waals surface area contributed by atoms with E-state index in [1.54, 1.807) is 12.4 Å². The van der Waals surface area contributed by atoms with Gasteiger partial charge in [0.2, 0.25) is 11.2 Å². The van der Waals surface area contributed by atoms with Gasteiger partial charge in [0.15, 0.2) is 0 Å². The first-order valence-corrected chi connectivity index (χ1v) is 8.43. The number of rotatable bonds is 4. The average molecular weight is 323 g/mol. The number of amides is 1. The van der Waals surface area contributed by atoms with Gasteiger partial charge in [-0.25, -0.2) is 4.98 Å². The number of aromatic nitrogens is 2. The van der Waals surface area contributed by atoms with Crippen LogP contribution in [0, 0.1) is 5.92 Å². The first kappa shape index (κ1) is 15.6. The molecule has 22 heavy (non-hydrogen) atoms. The molecule has 120 valence electrons. The second-order valence-electron chi connectivity index (χ2n) is 6.24. The maximum absolute atomic E-state index is 12.5. The van der Waals surface area contributed by atoms with Crippen molar-refractivity contribution in [2.45, 2.75) is 44.7 Å². The van der Waals surface area contributed by atoms with Gasteiger partial charge in [0.25, 0.3) is 0 Å². The van der Waals surface area contributed by atoms with Crippen molar-refractivity contribution < 1.29 is 4.79 Å². The van der Waals surface area contributed by atoms with E-state index in [9.17, 15) is 4.79 Å². The van der Waals surface area contributed by atoms with Crippen molar-refractivity contribution in [1.82, 2.24) is 14.5 Å². The summed E-state index contributed by atoms with van der Waals surface area (Å²) in [7, 11) is 0. The number of piperidine rings is 1. The van der Waals surface area contributed by atoms with Gasteiger partial charge in [0, 0.05) is 32.0 Å². The van der Waals surface area contributed by atoms with E-state index < -0.39 is 6.04 Å². The Morgan fingerprint density at radius 2 is 2.36 bits per heavy atom. The molecule has 6 heteroatoms. The number of halogens is 1. The van der Waals surface area contributed by atoms with Crippen molar-refractivity contribution in [1.29, 1.82) is 0 Å². The number of carbonyl (C=O) groups excluding carboxylic acids is 1. The van der Waals surface area contributed by atoms with Gasteiger partial charge in [-0.1, -0.05) is 11.6 Å². The Kier molecular flexibility index (Phi) is 4.84. The van der Waals surface area contributed by atoms with Crippen molar-refractivity contribution in [3.8, 4) is 0 Å². The minimum absolute atomic E-state index is 0.0566. The Labute approximate surface area is 136 Å². The molecule has 2 unspecified atom stereocenters. The van der Waals surface area contributed by atoms with Gasteiger partial charge in [-0.2, -0.15) is 0 Å².